The second kappa shape index (κ2) is 2.44. The Balaban J connectivity index is 2.56. The average molecular weight is 124 g/mol. The molecule has 0 aromatic rings. The van der Waals surface area contributed by atoms with E-state index in [1.54, 1.807) is 18.4 Å². The molecule has 1 unspecified atom stereocenters. The lowest BCUT2D eigenvalue weighted by atomic mass is 10.1. The van der Waals surface area contributed by atoms with Crippen LogP contribution in [-0.2, 0) is 4.79 Å². The molecule has 0 aromatic carbocycles. The first kappa shape index (κ1) is 6.01. The van der Waals surface area contributed by atoms with Crippen molar-refractivity contribution in [3.8, 4) is 0 Å². The molecule has 0 radical (unpaired) electrons. The van der Waals surface area contributed by atoms with Gasteiger partial charge in [0, 0.05) is 6.21 Å². The minimum absolute atomic E-state index is 0.185. The summed E-state index contributed by atoms with van der Waals surface area (Å²) in [6, 6.07) is 0. The number of nitrogens with zero attached hydrogens (tertiary/aromatic N) is 1. The summed E-state index contributed by atoms with van der Waals surface area (Å²) in [6.45, 7) is 0.506. The van der Waals surface area contributed by atoms with Gasteiger partial charge in [-0.05, 0) is 6.08 Å². The van der Waals surface area contributed by atoms with Gasteiger partial charge in [-0.15, -0.1) is 0 Å². The Bertz CT molecular complexity index is 172. The zero-order valence-corrected chi connectivity index (χ0v) is 4.95. The van der Waals surface area contributed by atoms with Gasteiger partial charge in [-0.3, -0.25) is 9.79 Å². The van der Waals surface area contributed by atoms with Crippen molar-refractivity contribution in [3.63, 3.8) is 0 Å². The van der Waals surface area contributed by atoms with Crippen LogP contribution in [0.4, 0.5) is 0 Å². The van der Waals surface area contributed by atoms with Gasteiger partial charge in [0.05, 0.1) is 12.5 Å². The molecule has 48 valence electrons. The number of hydrogen-bond acceptors (Lipinski definition) is 2. The predicted molar refractivity (Wildman–Crippen MR) is 35.2 cm³/mol. The molecule has 0 aromatic heterocycles. The molecule has 0 aliphatic carbocycles. The third kappa shape index (κ3) is 1.38. The molecule has 1 aliphatic rings. The number of dihydropyridines is 1. The number of carbonyl (C=O) groups is 1. The molecular weight excluding hydrogens is 116 g/mol. The number of amides is 1. The van der Waals surface area contributed by atoms with Gasteiger partial charge < -0.3 is 5.73 Å². The Hall–Kier alpha value is -1.12. The van der Waals surface area contributed by atoms with Crippen molar-refractivity contribution in [2.24, 2.45) is 16.6 Å². The summed E-state index contributed by atoms with van der Waals surface area (Å²) in [5.74, 6) is -0.488. The Morgan fingerprint density at radius 3 is 2.89 bits per heavy atom. The van der Waals surface area contributed by atoms with E-state index < -0.39 is 0 Å². The molecule has 0 spiro atoms. The second-order valence-corrected chi connectivity index (χ2v) is 1.91. The average Bonchev–Trinajstić information content (AvgIpc) is 1.90. The first-order valence-corrected chi connectivity index (χ1v) is 2.76. The van der Waals surface area contributed by atoms with Crippen molar-refractivity contribution in [2.75, 3.05) is 6.54 Å². The molecule has 2 N–H and O–H groups in total. The van der Waals surface area contributed by atoms with E-state index in [0.29, 0.717) is 6.54 Å². The van der Waals surface area contributed by atoms with E-state index in [4.69, 9.17) is 5.73 Å². The van der Waals surface area contributed by atoms with Crippen LogP contribution in [0.1, 0.15) is 0 Å². The summed E-state index contributed by atoms with van der Waals surface area (Å²) in [5.41, 5.74) is 5.00. The van der Waals surface area contributed by atoms with E-state index in [2.05, 4.69) is 4.99 Å². The van der Waals surface area contributed by atoms with Crippen LogP contribution in [0.25, 0.3) is 0 Å². The number of primary amides is 1. The van der Waals surface area contributed by atoms with Crippen molar-refractivity contribution in [3.05, 3.63) is 12.2 Å². The molecule has 0 saturated carbocycles. The van der Waals surface area contributed by atoms with Gasteiger partial charge in [0.1, 0.15) is 0 Å². The van der Waals surface area contributed by atoms with E-state index >= 15 is 0 Å². The van der Waals surface area contributed by atoms with Gasteiger partial charge in [-0.25, -0.2) is 0 Å². The maximum atomic E-state index is 10.5. The normalized spacial score (nSPS) is 24.2. The Morgan fingerprint density at radius 2 is 2.56 bits per heavy atom. The summed E-state index contributed by atoms with van der Waals surface area (Å²) in [6.07, 6.45) is 5.16. The van der Waals surface area contributed by atoms with Gasteiger partial charge in [0.15, 0.2) is 0 Å². The fraction of sp³-hybridized carbons (Fsp3) is 0.333. The minimum atomic E-state index is -0.303. The molecule has 1 amide bonds. The van der Waals surface area contributed by atoms with Crippen LogP contribution in [0.15, 0.2) is 17.1 Å². The van der Waals surface area contributed by atoms with Crippen LogP contribution >= 0.6 is 0 Å². The molecule has 0 saturated heterocycles. The van der Waals surface area contributed by atoms with E-state index in [-0.39, 0.29) is 11.8 Å². The maximum absolute atomic E-state index is 10.5. The van der Waals surface area contributed by atoms with Crippen LogP contribution in [0, 0.1) is 5.92 Å². The van der Waals surface area contributed by atoms with Crippen molar-refractivity contribution in [1.82, 2.24) is 0 Å². The molecule has 1 aliphatic heterocycles. The summed E-state index contributed by atoms with van der Waals surface area (Å²) in [7, 11) is 0. The fourth-order valence-electron chi connectivity index (χ4n) is 0.665. The third-order valence-corrected chi connectivity index (χ3v) is 1.20. The van der Waals surface area contributed by atoms with Crippen molar-refractivity contribution >= 4 is 12.1 Å². The molecule has 3 heteroatoms. The van der Waals surface area contributed by atoms with E-state index in [1.165, 1.54) is 0 Å². The number of rotatable bonds is 1. The number of hydrogen-bond donors (Lipinski definition) is 1. The molecule has 3 nitrogen and oxygen atoms in total. The van der Waals surface area contributed by atoms with E-state index in [0.717, 1.165) is 0 Å². The maximum Gasteiger partial charge on any atom is 0.226 e. The zero-order chi connectivity index (χ0) is 6.69. The third-order valence-electron chi connectivity index (χ3n) is 1.20. The van der Waals surface area contributed by atoms with Crippen LogP contribution < -0.4 is 5.73 Å². The van der Waals surface area contributed by atoms with Crippen molar-refractivity contribution in [2.45, 2.75) is 0 Å². The molecule has 0 bridgehead atoms. The number of aliphatic imine (C=N–C) groups is 1. The smallest absolute Gasteiger partial charge is 0.226 e. The quantitative estimate of drug-likeness (QED) is 0.514. The molecule has 9 heavy (non-hydrogen) atoms. The summed E-state index contributed by atoms with van der Waals surface area (Å²) >= 11 is 0. The lowest BCUT2D eigenvalue weighted by molar-refractivity contribution is -0.120. The van der Waals surface area contributed by atoms with Gasteiger partial charge >= 0.3 is 0 Å². The van der Waals surface area contributed by atoms with Gasteiger partial charge in [0.2, 0.25) is 5.91 Å². The van der Waals surface area contributed by atoms with Crippen molar-refractivity contribution < 1.29 is 4.79 Å². The highest BCUT2D eigenvalue weighted by molar-refractivity contribution is 5.82. The molecule has 1 atom stereocenters. The fourth-order valence-corrected chi connectivity index (χ4v) is 0.665. The summed E-state index contributed by atoms with van der Waals surface area (Å²) in [5, 5.41) is 0. The van der Waals surface area contributed by atoms with Crippen LogP contribution in [-0.4, -0.2) is 18.7 Å². The first-order valence-electron chi connectivity index (χ1n) is 2.76. The molecule has 0 fully saturated rings. The van der Waals surface area contributed by atoms with Crippen molar-refractivity contribution in [1.29, 1.82) is 0 Å². The van der Waals surface area contributed by atoms with Crippen LogP contribution in [0.3, 0.4) is 0 Å². The number of allylic oxidation sites excluding steroid dienone is 1. The lowest BCUT2D eigenvalue weighted by Gasteiger charge is -2.05. The Kier molecular flexibility index (Phi) is 1.63. The van der Waals surface area contributed by atoms with Crippen LogP contribution in [0.5, 0.6) is 0 Å². The monoisotopic (exact) mass is 124 g/mol. The summed E-state index contributed by atoms with van der Waals surface area (Å²) in [4.78, 5) is 14.3. The summed E-state index contributed by atoms with van der Waals surface area (Å²) < 4.78 is 0. The highest BCUT2D eigenvalue weighted by atomic mass is 16.1. The molecular formula is C6H8N2O. The highest BCUT2D eigenvalue weighted by Crippen LogP contribution is 2.01. The number of nitrogens with two attached hydrogens (primary N) is 1. The first-order chi connectivity index (χ1) is 4.30. The van der Waals surface area contributed by atoms with Gasteiger partial charge in [-0.2, -0.15) is 0 Å². The zero-order valence-electron chi connectivity index (χ0n) is 4.95. The lowest BCUT2D eigenvalue weighted by Crippen LogP contribution is -2.24. The van der Waals surface area contributed by atoms with Gasteiger partial charge in [-0.1, -0.05) is 6.08 Å². The Labute approximate surface area is 53.3 Å². The predicted octanol–water partition coefficient (Wildman–Crippen LogP) is -0.272. The Morgan fingerprint density at radius 1 is 1.78 bits per heavy atom. The van der Waals surface area contributed by atoms with Gasteiger partial charge in [0.25, 0.3) is 0 Å². The van der Waals surface area contributed by atoms with E-state index in [9.17, 15) is 4.79 Å². The molecule has 1 heterocycles. The minimum Gasteiger partial charge on any atom is -0.369 e. The largest absolute Gasteiger partial charge is 0.369 e. The highest BCUT2D eigenvalue weighted by Gasteiger charge is 2.10. The molecule has 1 rings (SSSR count). The van der Waals surface area contributed by atoms with Crippen LogP contribution in [0.2, 0.25) is 0 Å². The SMILES string of the molecule is NC(=O)C1C=CC=NC1. The standard InChI is InChI=1S/C6H8N2O/c7-6(9)5-2-1-3-8-4-5/h1-3,5H,4H2,(H2,7,9). The second-order valence-electron chi connectivity index (χ2n) is 1.91. The number of carbonyl (C=O) groups excluding carboxylic acids is 1. The van der Waals surface area contributed by atoms with E-state index in [1.807, 2.05) is 0 Å². The topological polar surface area (TPSA) is 55.5 Å².